The fourth-order valence-corrected chi connectivity index (χ4v) is 4.61. The van der Waals surface area contributed by atoms with E-state index in [1.165, 1.54) is 19.2 Å². The summed E-state index contributed by atoms with van der Waals surface area (Å²) in [4.78, 5) is 12.6. The molecule has 4 rings (SSSR count). The number of anilines is 2. The first kappa shape index (κ1) is 21.8. The number of hydrogen-bond acceptors (Lipinski definition) is 6. The summed E-state index contributed by atoms with van der Waals surface area (Å²) in [5, 5.41) is 2.94. The van der Waals surface area contributed by atoms with Gasteiger partial charge < -0.3 is 19.5 Å². The highest BCUT2D eigenvalue weighted by Gasteiger charge is 2.22. The van der Waals surface area contributed by atoms with Gasteiger partial charge in [-0.2, -0.15) is 0 Å². The molecule has 10 heteroatoms. The fourth-order valence-electron chi connectivity index (χ4n) is 3.10. The summed E-state index contributed by atoms with van der Waals surface area (Å²) >= 11 is 6.08. The predicted molar refractivity (Wildman–Crippen MR) is 121 cm³/mol. The molecule has 0 fully saturated rings. The zero-order chi connectivity index (χ0) is 22.7. The normalized spacial score (nSPS) is 12.7. The van der Waals surface area contributed by atoms with Gasteiger partial charge in [-0.1, -0.05) is 23.7 Å². The Morgan fingerprint density at radius 1 is 1.00 bits per heavy atom. The number of para-hydroxylation sites is 1. The van der Waals surface area contributed by atoms with Crippen molar-refractivity contribution in [1.82, 2.24) is 0 Å². The Balaban J connectivity index is 1.60. The smallest absolute Gasteiger partial charge is 0.265 e. The Bertz CT molecular complexity index is 1280. The molecule has 3 aromatic rings. The summed E-state index contributed by atoms with van der Waals surface area (Å²) in [6, 6.07) is 15.6. The average molecular weight is 475 g/mol. The highest BCUT2D eigenvalue weighted by molar-refractivity contribution is 7.92. The Morgan fingerprint density at radius 3 is 2.50 bits per heavy atom. The van der Waals surface area contributed by atoms with Crippen LogP contribution in [0.5, 0.6) is 17.2 Å². The highest BCUT2D eigenvalue weighted by atomic mass is 35.5. The van der Waals surface area contributed by atoms with Gasteiger partial charge in [0.2, 0.25) is 0 Å². The molecule has 3 aromatic carbocycles. The van der Waals surface area contributed by atoms with E-state index in [-0.39, 0.29) is 27.0 Å². The average Bonchev–Trinajstić information content (AvgIpc) is 2.80. The van der Waals surface area contributed by atoms with Crippen LogP contribution in [0.4, 0.5) is 11.4 Å². The number of benzene rings is 3. The van der Waals surface area contributed by atoms with Gasteiger partial charge in [-0.25, -0.2) is 8.42 Å². The van der Waals surface area contributed by atoms with E-state index in [2.05, 4.69) is 10.0 Å². The molecule has 0 aromatic heterocycles. The monoisotopic (exact) mass is 474 g/mol. The van der Waals surface area contributed by atoms with Crippen LogP contribution in [-0.4, -0.2) is 34.6 Å². The molecule has 0 unspecified atom stereocenters. The number of fused-ring (bicyclic) bond motifs is 1. The van der Waals surface area contributed by atoms with Gasteiger partial charge >= 0.3 is 0 Å². The van der Waals surface area contributed by atoms with E-state index in [0.717, 1.165) is 0 Å². The van der Waals surface area contributed by atoms with Crippen molar-refractivity contribution in [1.29, 1.82) is 0 Å². The maximum Gasteiger partial charge on any atom is 0.265 e. The van der Waals surface area contributed by atoms with E-state index in [1.54, 1.807) is 48.5 Å². The van der Waals surface area contributed by atoms with Gasteiger partial charge in [0, 0.05) is 11.3 Å². The van der Waals surface area contributed by atoms with Gasteiger partial charge in [-0.3, -0.25) is 9.52 Å². The number of carbonyl (C=O) groups excluding carboxylic acids is 1. The van der Waals surface area contributed by atoms with Crippen LogP contribution in [0.3, 0.4) is 0 Å². The van der Waals surface area contributed by atoms with Crippen molar-refractivity contribution < 1.29 is 27.4 Å². The van der Waals surface area contributed by atoms with Gasteiger partial charge in [0.25, 0.3) is 15.9 Å². The molecular weight excluding hydrogens is 456 g/mol. The Morgan fingerprint density at radius 2 is 1.75 bits per heavy atom. The van der Waals surface area contributed by atoms with Crippen molar-refractivity contribution in [3.05, 3.63) is 71.2 Å². The third-order valence-corrected chi connectivity index (χ3v) is 6.35. The minimum absolute atomic E-state index is 0.113. The lowest BCUT2D eigenvalue weighted by atomic mass is 10.1. The van der Waals surface area contributed by atoms with E-state index in [9.17, 15) is 13.2 Å². The van der Waals surface area contributed by atoms with Gasteiger partial charge in [-0.05, 0) is 48.5 Å². The Hall–Kier alpha value is -3.43. The van der Waals surface area contributed by atoms with E-state index in [4.69, 9.17) is 25.8 Å². The van der Waals surface area contributed by atoms with Crippen LogP contribution in [0, 0.1) is 0 Å². The van der Waals surface area contributed by atoms with Gasteiger partial charge in [0.05, 0.1) is 17.8 Å². The first-order valence-corrected chi connectivity index (χ1v) is 11.4. The molecule has 0 bridgehead atoms. The van der Waals surface area contributed by atoms with Crippen molar-refractivity contribution >= 4 is 38.9 Å². The summed E-state index contributed by atoms with van der Waals surface area (Å²) in [5.74, 6) is 0.721. The Labute approximate surface area is 190 Å². The molecule has 8 nitrogen and oxygen atoms in total. The largest absolute Gasteiger partial charge is 0.495 e. The molecule has 1 heterocycles. The minimum Gasteiger partial charge on any atom is -0.495 e. The molecule has 1 amide bonds. The second kappa shape index (κ2) is 8.97. The van der Waals surface area contributed by atoms with E-state index < -0.39 is 15.9 Å². The number of ether oxygens (including phenoxy) is 3. The molecular formula is C22H19ClN2O6S. The third-order valence-electron chi connectivity index (χ3n) is 4.63. The van der Waals surface area contributed by atoms with Crippen LogP contribution in [-0.2, 0) is 10.0 Å². The lowest BCUT2D eigenvalue weighted by Crippen LogP contribution is -2.18. The lowest BCUT2D eigenvalue weighted by Gasteiger charge is -2.18. The van der Waals surface area contributed by atoms with Crippen LogP contribution in [0.15, 0.2) is 65.6 Å². The van der Waals surface area contributed by atoms with Crippen molar-refractivity contribution in [2.45, 2.75) is 4.90 Å². The quantitative estimate of drug-likeness (QED) is 0.555. The summed E-state index contributed by atoms with van der Waals surface area (Å²) in [6.45, 7) is 0.847. The van der Waals surface area contributed by atoms with Crippen molar-refractivity contribution in [2.24, 2.45) is 0 Å². The molecule has 0 radical (unpaired) electrons. The summed E-state index contributed by atoms with van der Waals surface area (Å²) < 4.78 is 44.6. The molecule has 166 valence electrons. The van der Waals surface area contributed by atoms with Crippen molar-refractivity contribution in [3.8, 4) is 17.2 Å². The number of carbonyl (C=O) groups is 1. The van der Waals surface area contributed by atoms with Crippen LogP contribution < -0.4 is 24.2 Å². The second-order valence-electron chi connectivity index (χ2n) is 6.76. The number of rotatable bonds is 6. The molecule has 0 spiro atoms. The van der Waals surface area contributed by atoms with E-state index in [0.29, 0.717) is 30.3 Å². The van der Waals surface area contributed by atoms with Crippen LogP contribution in [0.2, 0.25) is 5.02 Å². The summed E-state index contributed by atoms with van der Waals surface area (Å²) in [6.07, 6.45) is 0. The summed E-state index contributed by atoms with van der Waals surface area (Å²) in [5.41, 5.74) is 0.829. The first-order chi connectivity index (χ1) is 15.4. The highest BCUT2D eigenvalue weighted by Crippen LogP contribution is 2.33. The van der Waals surface area contributed by atoms with E-state index in [1.807, 2.05) is 0 Å². The molecule has 0 atom stereocenters. The number of sulfonamides is 1. The SMILES string of the molecule is COc1ccc(NC(=O)c2ccc3c(c2)OCCO3)cc1S(=O)(=O)Nc1ccccc1Cl. The second-order valence-corrected chi connectivity index (χ2v) is 8.82. The number of halogens is 1. The van der Waals surface area contributed by atoms with Gasteiger partial charge in [0.15, 0.2) is 11.5 Å². The number of amides is 1. The van der Waals surface area contributed by atoms with Crippen LogP contribution in [0.1, 0.15) is 10.4 Å². The molecule has 32 heavy (non-hydrogen) atoms. The van der Waals surface area contributed by atoms with Crippen LogP contribution in [0.25, 0.3) is 0 Å². The molecule has 2 N–H and O–H groups in total. The van der Waals surface area contributed by atoms with Gasteiger partial charge in [0.1, 0.15) is 23.9 Å². The molecule has 0 aliphatic carbocycles. The third kappa shape index (κ3) is 4.58. The lowest BCUT2D eigenvalue weighted by molar-refractivity contribution is 0.102. The zero-order valence-electron chi connectivity index (χ0n) is 16.9. The molecule has 1 aliphatic rings. The summed E-state index contributed by atoms with van der Waals surface area (Å²) in [7, 11) is -2.70. The number of hydrogen-bond donors (Lipinski definition) is 2. The van der Waals surface area contributed by atoms with Crippen molar-refractivity contribution in [2.75, 3.05) is 30.4 Å². The number of methoxy groups -OCH3 is 1. The molecule has 1 aliphatic heterocycles. The van der Waals surface area contributed by atoms with Crippen molar-refractivity contribution in [3.63, 3.8) is 0 Å². The molecule has 0 saturated carbocycles. The molecule has 0 saturated heterocycles. The van der Waals surface area contributed by atoms with Crippen LogP contribution >= 0.6 is 11.6 Å². The minimum atomic E-state index is -4.06. The van der Waals surface area contributed by atoms with E-state index >= 15 is 0 Å². The zero-order valence-corrected chi connectivity index (χ0v) is 18.5. The maximum absolute atomic E-state index is 13.0. The topological polar surface area (TPSA) is 103 Å². The predicted octanol–water partition coefficient (Wildman–Crippen LogP) is 4.17. The standard InChI is InChI=1S/C22H19ClN2O6S/c1-29-19-9-7-15(13-21(19)32(27,28)25-17-5-3-2-4-16(17)23)24-22(26)14-6-8-18-20(12-14)31-11-10-30-18/h2-9,12-13,25H,10-11H2,1H3,(H,24,26). The maximum atomic E-state index is 13.0. The Kier molecular flexibility index (Phi) is 6.11. The fraction of sp³-hybridized carbons (Fsp3) is 0.136. The van der Waals surface area contributed by atoms with Gasteiger partial charge in [-0.15, -0.1) is 0 Å². The number of nitrogens with one attached hydrogen (secondary N) is 2. The first-order valence-electron chi connectivity index (χ1n) is 9.54.